The molecule has 126 valence electrons. The molecule has 1 N–H and O–H groups in total. The number of oxime groups is 1. The second-order valence-electron chi connectivity index (χ2n) is 4.98. The van der Waals surface area contributed by atoms with Gasteiger partial charge in [0.05, 0.1) is 12.8 Å². The molecule has 0 aromatic heterocycles. The molecule has 2 rings (SSSR count). The Morgan fingerprint density at radius 2 is 1.88 bits per heavy atom. The van der Waals surface area contributed by atoms with Crippen LogP contribution in [0.15, 0.2) is 53.7 Å². The number of carbonyl (C=O) groups excluding carboxylic acids is 1. The first-order valence-corrected chi connectivity index (χ1v) is 7.57. The molecule has 1 amide bonds. The summed E-state index contributed by atoms with van der Waals surface area (Å²) in [6.45, 7) is 4.10. The Labute approximate surface area is 140 Å². The predicted molar refractivity (Wildman–Crippen MR) is 90.8 cm³/mol. The van der Waals surface area contributed by atoms with Crippen LogP contribution in [-0.4, -0.2) is 24.8 Å². The molecule has 0 unspecified atom stereocenters. The first kappa shape index (κ1) is 17.5. The summed E-state index contributed by atoms with van der Waals surface area (Å²) >= 11 is 0. The van der Waals surface area contributed by atoms with Gasteiger partial charge in [-0.25, -0.2) is 4.39 Å². The minimum atomic E-state index is -0.783. The van der Waals surface area contributed by atoms with E-state index in [1.165, 1.54) is 30.5 Å². The van der Waals surface area contributed by atoms with Crippen molar-refractivity contribution < 1.29 is 18.8 Å². The van der Waals surface area contributed by atoms with Crippen molar-refractivity contribution in [2.75, 3.05) is 11.9 Å². The third kappa shape index (κ3) is 5.39. The van der Waals surface area contributed by atoms with E-state index in [1.54, 1.807) is 6.92 Å². The highest BCUT2D eigenvalue weighted by Gasteiger charge is 2.14. The predicted octanol–water partition coefficient (Wildman–Crippen LogP) is 3.60. The Bertz CT molecular complexity index is 684. The molecule has 2 aromatic rings. The van der Waals surface area contributed by atoms with Crippen LogP contribution in [0.2, 0.25) is 0 Å². The van der Waals surface area contributed by atoms with Crippen molar-refractivity contribution in [2.45, 2.75) is 20.0 Å². The standard InChI is InChI=1S/C18H19FN2O3/c1-3-23-17-10-4-14(5-11-17)12-20-24-13(2)18(22)21-16-8-6-15(19)7-9-16/h4-13H,3H2,1-2H3,(H,21,22)/b20-12-/t13-/m0/s1. The van der Waals surface area contributed by atoms with Crippen LogP contribution in [0.4, 0.5) is 10.1 Å². The first-order valence-electron chi connectivity index (χ1n) is 7.57. The Morgan fingerprint density at radius 1 is 1.21 bits per heavy atom. The smallest absolute Gasteiger partial charge is 0.267 e. The summed E-state index contributed by atoms with van der Waals surface area (Å²) in [6.07, 6.45) is 0.728. The van der Waals surface area contributed by atoms with Gasteiger partial charge in [0, 0.05) is 5.69 Å². The average molecular weight is 330 g/mol. The summed E-state index contributed by atoms with van der Waals surface area (Å²) in [5.74, 6) is 0.0466. The van der Waals surface area contributed by atoms with E-state index in [0.717, 1.165) is 11.3 Å². The fourth-order valence-electron chi connectivity index (χ4n) is 1.82. The fourth-order valence-corrected chi connectivity index (χ4v) is 1.82. The Morgan fingerprint density at radius 3 is 2.50 bits per heavy atom. The third-order valence-corrected chi connectivity index (χ3v) is 3.09. The molecule has 0 radical (unpaired) electrons. The van der Waals surface area contributed by atoms with Gasteiger partial charge in [-0.1, -0.05) is 5.16 Å². The van der Waals surface area contributed by atoms with E-state index < -0.39 is 6.10 Å². The largest absolute Gasteiger partial charge is 0.494 e. The lowest BCUT2D eigenvalue weighted by Gasteiger charge is -2.10. The van der Waals surface area contributed by atoms with E-state index in [-0.39, 0.29) is 11.7 Å². The maximum Gasteiger partial charge on any atom is 0.267 e. The summed E-state index contributed by atoms with van der Waals surface area (Å²) in [6, 6.07) is 12.8. The number of anilines is 1. The van der Waals surface area contributed by atoms with Crippen molar-refractivity contribution in [2.24, 2.45) is 5.16 Å². The molecular formula is C18H19FN2O3. The van der Waals surface area contributed by atoms with Gasteiger partial charge in [0.2, 0.25) is 6.10 Å². The number of hydrogen-bond acceptors (Lipinski definition) is 4. The van der Waals surface area contributed by atoms with Crippen LogP contribution in [-0.2, 0) is 9.63 Å². The molecule has 0 heterocycles. The Hall–Kier alpha value is -2.89. The van der Waals surface area contributed by atoms with Gasteiger partial charge in [0.1, 0.15) is 11.6 Å². The Balaban J connectivity index is 1.83. The van der Waals surface area contributed by atoms with Gasteiger partial charge in [0.15, 0.2) is 0 Å². The van der Waals surface area contributed by atoms with Crippen molar-refractivity contribution in [3.8, 4) is 5.75 Å². The molecule has 5 nitrogen and oxygen atoms in total. The minimum absolute atomic E-state index is 0.364. The van der Waals surface area contributed by atoms with Gasteiger partial charge in [0.25, 0.3) is 5.91 Å². The van der Waals surface area contributed by atoms with Crippen molar-refractivity contribution in [3.63, 3.8) is 0 Å². The van der Waals surface area contributed by atoms with Crippen LogP contribution in [0.5, 0.6) is 5.75 Å². The number of benzene rings is 2. The molecule has 24 heavy (non-hydrogen) atoms. The molecule has 0 spiro atoms. The van der Waals surface area contributed by atoms with E-state index >= 15 is 0 Å². The number of rotatable bonds is 7. The zero-order chi connectivity index (χ0) is 17.4. The molecule has 1 atom stereocenters. The average Bonchev–Trinajstić information content (AvgIpc) is 2.58. The molecule has 0 aliphatic carbocycles. The van der Waals surface area contributed by atoms with E-state index in [9.17, 15) is 9.18 Å². The molecule has 0 saturated heterocycles. The third-order valence-electron chi connectivity index (χ3n) is 3.09. The summed E-state index contributed by atoms with van der Waals surface area (Å²) in [4.78, 5) is 17.1. The molecule has 6 heteroatoms. The number of halogens is 1. The summed E-state index contributed by atoms with van der Waals surface area (Å²) in [5, 5.41) is 6.43. The highest BCUT2D eigenvalue weighted by Crippen LogP contribution is 2.11. The van der Waals surface area contributed by atoms with Crippen LogP contribution in [0, 0.1) is 5.82 Å². The van der Waals surface area contributed by atoms with Gasteiger partial charge < -0.3 is 14.9 Å². The van der Waals surface area contributed by atoms with Crippen molar-refractivity contribution in [3.05, 3.63) is 59.9 Å². The SMILES string of the molecule is CCOc1ccc(/C=N\O[C@@H](C)C(=O)Nc2ccc(F)cc2)cc1. The lowest BCUT2D eigenvalue weighted by atomic mass is 10.2. The lowest BCUT2D eigenvalue weighted by Crippen LogP contribution is -2.26. The molecule has 0 saturated carbocycles. The number of hydrogen-bond donors (Lipinski definition) is 1. The number of ether oxygens (including phenoxy) is 1. The highest BCUT2D eigenvalue weighted by molar-refractivity contribution is 5.93. The molecule has 0 aliphatic rings. The van der Waals surface area contributed by atoms with Crippen molar-refractivity contribution in [1.82, 2.24) is 0 Å². The van der Waals surface area contributed by atoms with Crippen LogP contribution in [0.1, 0.15) is 19.4 Å². The van der Waals surface area contributed by atoms with Crippen LogP contribution in [0.25, 0.3) is 0 Å². The van der Waals surface area contributed by atoms with Crippen molar-refractivity contribution in [1.29, 1.82) is 0 Å². The monoisotopic (exact) mass is 330 g/mol. The first-order chi connectivity index (χ1) is 11.6. The zero-order valence-electron chi connectivity index (χ0n) is 13.5. The molecular weight excluding hydrogens is 311 g/mol. The molecule has 2 aromatic carbocycles. The van der Waals surface area contributed by atoms with E-state index in [1.807, 2.05) is 31.2 Å². The zero-order valence-corrected chi connectivity index (χ0v) is 13.5. The van der Waals surface area contributed by atoms with E-state index in [4.69, 9.17) is 9.57 Å². The minimum Gasteiger partial charge on any atom is -0.494 e. The number of carbonyl (C=O) groups is 1. The maximum absolute atomic E-state index is 12.8. The number of nitrogens with zero attached hydrogens (tertiary/aromatic N) is 1. The number of amides is 1. The summed E-state index contributed by atoms with van der Waals surface area (Å²) in [5.41, 5.74) is 1.32. The fraction of sp³-hybridized carbons (Fsp3) is 0.222. The normalized spacial score (nSPS) is 12.0. The summed E-state index contributed by atoms with van der Waals surface area (Å²) in [7, 11) is 0. The quantitative estimate of drug-likeness (QED) is 0.623. The van der Waals surface area contributed by atoms with Gasteiger partial charge in [-0.05, 0) is 67.9 Å². The number of nitrogens with one attached hydrogen (secondary N) is 1. The van der Waals surface area contributed by atoms with Gasteiger partial charge in [-0.3, -0.25) is 4.79 Å². The van der Waals surface area contributed by atoms with Crippen LogP contribution >= 0.6 is 0 Å². The summed E-state index contributed by atoms with van der Waals surface area (Å²) < 4.78 is 18.2. The second kappa shape index (κ2) is 8.67. The topological polar surface area (TPSA) is 59.9 Å². The molecule has 0 fully saturated rings. The molecule has 0 aliphatic heterocycles. The Kier molecular flexibility index (Phi) is 6.31. The second-order valence-corrected chi connectivity index (χ2v) is 4.98. The lowest BCUT2D eigenvalue weighted by molar-refractivity contribution is -0.126. The highest BCUT2D eigenvalue weighted by atomic mass is 19.1. The van der Waals surface area contributed by atoms with Crippen LogP contribution < -0.4 is 10.1 Å². The maximum atomic E-state index is 12.8. The van der Waals surface area contributed by atoms with Gasteiger partial charge in [-0.2, -0.15) is 0 Å². The van der Waals surface area contributed by atoms with E-state index in [2.05, 4.69) is 10.5 Å². The van der Waals surface area contributed by atoms with Crippen LogP contribution in [0.3, 0.4) is 0 Å². The van der Waals surface area contributed by atoms with E-state index in [0.29, 0.717) is 12.3 Å². The van der Waals surface area contributed by atoms with Gasteiger partial charge in [-0.15, -0.1) is 0 Å². The van der Waals surface area contributed by atoms with Crippen molar-refractivity contribution >= 4 is 17.8 Å². The molecule has 0 bridgehead atoms. The van der Waals surface area contributed by atoms with Gasteiger partial charge >= 0.3 is 0 Å².